The van der Waals surface area contributed by atoms with E-state index in [9.17, 15) is 0 Å². The summed E-state index contributed by atoms with van der Waals surface area (Å²) in [7, 11) is 1.90. The lowest BCUT2D eigenvalue weighted by atomic mass is 10.1. The van der Waals surface area contributed by atoms with Crippen molar-refractivity contribution in [3.8, 4) is 17.5 Å². The number of anilines is 1. The standard InChI is InChI=1S/C13H14N4O/c1-3-17(2)13-15-12(18-16-13)11-7-5-4-6-10(11)8-9-14/h4-7H,3,8H2,1-2H3. The van der Waals surface area contributed by atoms with Crippen LogP contribution in [-0.4, -0.2) is 23.7 Å². The highest BCUT2D eigenvalue weighted by Crippen LogP contribution is 2.23. The van der Waals surface area contributed by atoms with Crippen molar-refractivity contribution in [1.29, 1.82) is 5.26 Å². The molecule has 0 aliphatic carbocycles. The molecule has 92 valence electrons. The van der Waals surface area contributed by atoms with Gasteiger partial charge in [0.1, 0.15) is 0 Å². The first-order chi connectivity index (χ1) is 8.76. The van der Waals surface area contributed by atoms with Crippen LogP contribution < -0.4 is 4.90 Å². The van der Waals surface area contributed by atoms with Crippen LogP contribution in [0.3, 0.4) is 0 Å². The third kappa shape index (κ3) is 2.33. The van der Waals surface area contributed by atoms with Gasteiger partial charge in [-0.1, -0.05) is 18.2 Å². The number of nitrogens with zero attached hydrogens (tertiary/aromatic N) is 4. The van der Waals surface area contributed by atoms with Crippen LogP contribution in [0.2, 0.25) is 0 Å². The Balaban J connectivity index is 2.37. The summed E-state index contributed by atoms with van der Waals surface area (Å²) in [6.45, 7) is 2.82. The van der Waals surface area contributed by atoms with E-state index in [0.29, 0.717) is 18.3 Å². The molecule has 0 amide bonds. The normalized spacial score (nSPS) is 10.1. The Morgan fingerprint density at radius 2 is 2.17 bits per heavy atom. The molecule has 1 aromatic carbocycles. The molecule has 0 aliphatic heterocycles. The molecule has 2 rings (SSSR count). The van der Waals surface area contributed by atoms with Gasteiger partial charge in [0, 0.05) is 19.2 Å². The number of aromatic nitrogens is 2. The Morgan fingerprint density at radius 3 is 2.89 bits per heavy atom. The van der Waals surface area contributed by atoms with Gasteiger partial charge in [-0.2, -0.15) is 10.2 Å². The van der Waals surface area contributed by atoms with Crippen molar-refractivity contribution >= 4 is 5.95 Å². The van der Waals surface area contributed by atoms with Crippen molar-refractivity contribution in [3.05, 3.63) is 29.8 Å². The van der Waals surface area contributed by atoms with E-state index in [2.05, 4.69) is 16.2 Å². The first kappa shape index (κ1) is 12.1. The smallest absolute Gasteiger partial charge is 0.266 e. The van der Waals surface area contributed by atoms with Crippen LogP contribution in [0.4, 0.5) is 5.95 Å². The summed E-state index contributed by atoms with van der Waals surface area (Å²) >= 11 is 0. The highest BCUT2D eigenvalue weighted by atomic mass is 16.5. The molecule has 0 bridgehead atoms. The van der Waals surface area contributed by atoms with Gasteiger partial charge in [-0.3, -0.25) is 0 Å². The van der Waals surface area contributed by atoms with E-state index in [1.54, 1.807) is 0 Å². The number of hydrogen-bond acceptors (Lipinski definition) is 5. The van der Waals surface area contributed by atoms with Crippen molar-refractivity contribution in [3.63, 3.8) is 0 Å². The second-order valence-electron chi connectivity index (χ2n) is 3.91. The van der Waals surface area contributed by atoms with E-state index in [4.69, 9.17) is 9.78 Å². The summed E-state index contributed by atoms with van der Waals surface area (Å²) in [6, 6.07) is 9.70. The minimum Gasteiger partial charge on any atom is -0.342 e. The molecular weight excluding hydrogens is 228 g/mol. The molecule has 0 fully saturated rings. The van der Waals surface area contributed by atoms with Gasteiger partial charge >= 0.3 is 0 Å². The Morgan fingerprint density at radius 1 is 1.39 bits per heavy atom. The lowest BCUT2D eigenvalue weighted by Crippen LogP contribution is -2.16. The zero-order chi connectivity index (χ0) is 13.0. The molecule has 1 aromatic heterocycles. The van der Waals surface area contributed by atoms with Crippen molar-refractivity contribution in [1.82, 2.24) is 10.1 Å². The van der Waals surface area contributed by atoms with Crippen LogP contribution in [0.5, 0.6) is 0 Å². The monoisotopic (exact) mass is 242 g/mol. The SMILES string of the molecule is CCN(C)c1noc(-c2ccccc2CC#N)n1. The van der Waals surface area contributed by atoms with E-state index < -0.39 is 0 Å². The number of rotatable bonds is 4. The molecule has 0 saturated carbocycles. The molecule has 5 nitrogen and oxygen atoms in total. The van der Waals surface area contributed by atoms with Crippen molar-refractivity contribution in [2.45, 2.75) is 13.3 Å². The molecule has 1 heterocycles. The van der Waals surface area contributed by atoms with Gasteiger partial charge in [0.05, 0.1) is 12.5 Å². The lowest BCUT2D eigenvalue weighted by molar-refractivity contribution is 0.430. The van der Waals surface area contributed by atoms with Crippen LogP contribution in [0.15, 0.2) is 28.8 Å². The van der Waals surface area contributed by atoms with E-state index in [1.807, 2.05) is 43.1 Å². The highest BCUT2D eigenvalue weighted by molar-refractivity contribution is 5.60. The summed E-state index contributed by atoms with van der Waals surface area (Å²) < 4.78 is 5.25. The minimum absolute atomic E-state index is 0.331. The number of benzene rings is 1. The summed E-state index contributed by atoms with van der Waals surface area (Å²) in [6.07, 6.45) is 0.331. The Bertz CT molecular complexity index is 570. The molecule has 0 unspecified atom stereocenters. The molecule has 0 atom stereocenters. The van der Waals surface area contributed by atoms with Gasteiger partial charge in [0.25, 0.3) is 11.8 Å². The first-order valence-electron chi connectivity index (χ1n) is 5.76. The second-order valence-corrected chi connectivity index (χ2v) is 3.91. The molecule has 18 heavy (non-hydrogen) atoms. The fourth-order valence-corrected chi connectivity index (χ4v) is 1.59. The van der Waals surface area contributed by atoms with Crippen LogP contribution in [0, 0.1) is 11.3 Å². The molecule has 5 heteroatoms. The third-order valence-corrected chi connectivity index (χ3v) is 2.75. The maximum atomic E-state index is 8.80. The first-order valence-corrected chi connectivity index (χ1v) is 5.76. The zero-order valence-electron chi connectivity index (χ0n) is 10.4. The van der Waals surface area contributed by atoms with E-state index >= 15 is 0 Å². The Kier molecular flexibility index (Phi) is 3.58. The quantitative estimate of drug-likeness (QED) is 0.822. The minimum atomic E-state index is 0.331. The third-order valence-electron chi connectivity index (χ3n) is 2.75. The predicted octanol–water partition coefficient (Wildman–Crippen LogP) is 2.26. The maximum absolute atomic E-state index is 8.80. The van der Waals surface area contributed by atoms with Crippen LogP contribution in [-0.2, 0) is 6.42 Å². The van der Waals surface area contributed by atoms with Gasteiger partial charge in [-0.25, -0.2) is 0 Å². The molecule has 0 N–H and O–H groups in total. The molecule has 0 saturated heterocycles. The van der Waals surface area contributed by atoms with Crippen LogP contribution >= 0.6 is 0 Å². The largest absolute Gasteiger partial charge is 0.342 e. The maximum Gasteiger partial charge on any atom is 0.266 e. The van der Waals surface area contributed by atoms with E-state index in [-0.39, 0.29) is 0 Å². The van der Waals surface area contributed by atoms with Crippen molar-refractivity contribution in [2.24, 2.45) is 0 Å². The van der Waals surface area contributed by atoms with Crippen molar-refractivity contribution < 1.29 is 4.52 Å². The summed E-state index contributed by atoms with van der Waals surface area (Å²) in [5, 5.41) is 12.7. The number of nitriles is 1. The molecule has 2 aromatic rings. The zero-order valence-corrected chi connectivity index (χ0v) is 10.4. The van der Waals surface area contributed by atoms with Crippen molar-refractivity contribution in [2.75, 3.05) is 18.5 Å². The number of hydrogen-bond donors (Lipinski definition) is 0. The fraction of sp³-hybridized carbons (Fsp3) is 0.308. The summed E-state index contributed by atoms with van der Waals surface area (Å²) in [4.78, 5) is 6.22. The second kappa shape index (κ2) is 5.32. The van der Waals surface area contributed by atoms with Crippen LogP contribution in [0.1, 0.15) is 12.5 Å². The molecular formula is C13H14N4O. The average molecular weight is 242 g/mol. The summed E-state index contributed by atoms with van der Waals surface area (Å²) in [5.41, 5.74) is 1.72. The average Bonchev–Trinajstić information content (AvgIpc) is 2.88. The topological polar surface area (TPSA) is 66.0 Å². The Hall–Kier alpha value is -2.35. The predicted molar refractivity (Wildman–Crippen MR) is 68.0 cm³/mol. The van der Waals surface area contributed by atoms with Crippen LogP contribution in [0.25, 0.3) is 11.5 Å². The van der Waals surface area contributed by atoms with Gasteiger partial charge in [0.2, 0.25) is 0 Å². The molecule has 0 aliphatic rings. The molecule has 0 spiro atoms. The van der Waals surface area contributed by atoms with Gasteiger partial charge < -0.3 is 9.42 Å². The highest BCUT2D eigenvalue weighted by Gasteiger charge is 2.13. The van der Waals surface area contributed by atoms with Gasteiger partial charge in [-0.15, -0.1) is 0 Å². The summed E-state index contributed by atoms with van der Waals surface area (Å²) in [5.74, 6) is 1.01. The fourth-order valence-electron chi connectivity index (χ4n) is 1.59. The van der Waals surface area contributed by atoms with E-state index in [0.717, 1.165) is 17.7 Å². The Labute approximate surface area is 106 Å². The van der Waals surface area contributed by atoms with E-state index in [1.165, 1.54) is 0 Å². The lowest BCUT2D eigenvalue weighted by Gasteiger charge is -2.08. The van der Waals surface area contributed by atoms with Gasteiger partial charge in [-0.05, 0) is 23.7 Å². The van der Waals surface area contributed by atoms with Gasteiger partial charge in [0.15, 0.2) is 0 Å². The molecule has 0 radical (unpaired) electrons.